The number of nitriles is 1. The van der Waals surface area contributed by atoms with Crippen molar-refractivity contribution in [1.29, 1.82) is 5.26 Å². The van der Waals surface area contributed by atoms with Crippen molar-refractivity contribution in [2.24, 2.45) is 11.8 Å². The molecule has 1 aromatic heterocycles. The number of nitrogens with one attached hydrogen (secondary N) is 1. The molecule has 0 unspecified atom stereocenters. The lowest BCUT2D eigenvalue weighted by Gasteiger charge is -2.31. The van der Waals surface area contributed by atoms with Crippen LogP contribution < -0.4 is 10.1 Å². The third kappa shape index (κ3) is 7.58. The van der Waals surface area contributed by atoms with Crippen LogP contribution in [0.4, 0.5) is 4.79 Å². The van der Waals surface area contributed by atoms with Gasteiger partial charge >= 0.3 is 6.09 Å². The molecule has 2 aromatic rings. The number of nitrogens with zero attached hydrogens (tertiary/aromatic N) is 3. The van der Waals surface area contributed by atoms with E-state index < -0.39 is 11.7 Å². The van der Waals surface area contributed by atoms with Gasteiger partial charge < -0.3 is 19.7 Å². The molecule has 1 N–H and O–H groups in total. The molecule has 1 aromatic carbocycles. The molecule has 1 saturated heterocycles. The zero-order chi connectivity index (χ0) is 29.0. The van der Waals surface area contributed by atoms with Gasteiger partial charge in [0.15, 0.2) is 0 Å². The van der Waals surface area contributed by atoms with Crippen molar-refractivity contribution in [3.63, 3.8) is 0 Å². The molecule has 214 valence electrons. The van der Waals surface area contributed by atoms with Crippen LogP contribution in [0.1, 0.15) is 70.4 Å². The van der Waals surface area contributed by atoms with E-state index in [1.165, 1.54) is 6.20 Å². The molecule has 2 amide bonds. The zero-order valence-electron chi connectivity index (χ0n) is 23.3. The Bertz CT molecular complexity index is 1250. The Labute approximate surface area is 245 Å². The molecule has 1 aliphatic heterocycles. The van der Waals surface area contributed by atoms with E-state index in [2.05, 4.69) is 16.4 Å². The van der Waals surface area contributed by atoms with Crippen LogP contribution in [-0.4, -0.2) is 52.7 Å². The Kier molecular flexibility index (Phi) is 9.48. The highest BCUT2D eigenvalue weighted by Gasteiger charge is 2.42. The summed E-state index contributed by atoms with van der Waals surface area (Å²) in [6, 6.07) is 11.0. The smallest absolute Gasteiger partial charge is 0.407 e. The average molecular weight is 588 g/mol. The first-order chi connectivity index (χ1) is 18.9. The number of rotatable bonds is 6. The minimum absolute atomic E-state index is 0.00234. The first-order valence-electron chi connectivity index (χ1n) is 13.7. The van der Waals surface area contributed by atoms with Crippen LogP contribution in [0.15, 0.2) is 36.5 Å². The molecular formula is C30H36Cl2N4O4. The molecule has 0 radical (unpaired) electrons. The Morgan fingerprint density at radius 1 is 1.10 bits per heavy atom. The van der Waals surface area contributed by atoms with Gasteiger partial charge in [0.2, 0.25) is 11.8 Å². The van der Waals surface area contributed by atoms with Crippen molar-refractivity contribution in [3.05, 3.63) is 57.7 Å². The summed E-state index contributed by atoms with van der Waals surface area (Å²) in [5, 5.41) is 13.0. The number of hydrogen-bond acceptors (Lipinski definition) is 6. The van der Waals surface area contributed by atoms with Crippen LogP contribution in [0.3, 0.4) is 0 Å². The third-order valence-corrected chi connectivity index (χ3v) is 8.36. The topological polar surface area (TPSA) is 105 Å². The lowest BCUT2D eigenvalue weighted by Crippen LogP contribution is -2.43. The van der Waals surface area contributed by atoms with Gasteiger partial charge in [0, 0.05) is 49.1 Å². The predicted octanol–water partition coefficient (Wildman–Crippen LogP) is 6.35. The number of pyridine rings is 1. The van der Waals surface area contributed by atoms with Crippen LogP contribution in [-0.2, 0) is 9.53 Å². The Balaban J connectivity index is 1.43. The van der Waals surface area contributed by atoms with E-state index in [9.17, 15) is 9.59 Å². The first kappa shape index (κ1) is 30.0. The van der Waals surface area contributed by atoms with Crippen LogP contribution in [0, 0.1) is 23.2 Å². The molecule has 10 heteroatoms. The molecule has 1 aliphatic carbocycles. The number of halogens is 2. The van der Waals surface area contributed by atoms with Crippen molar-refractivity contribution in [3.8, 4) is 11.9 Å². The quantitative estimate of drug-likeness (QED) is 0.422. The van der Waals surface area contributed by atoms with Crippen LogP contribution >= 0.6 is 23.2 Å². The van der Waals surface area contributed by atoms with Crippen molar-refractivity contribution >= 4 is 35.2 Å². The minimum atomic E-state index is -0.550. The number of alkyl carbamates (subject to hydrolysis) is 1. The summed E-state index contributed by atoms with van der Waals surface area (Å²) < 4.78 is 11.6. The minimum Gasteiger partial charge on any atom is -0.474 e. The molecule has 0 bridgehead atoms. The normalized spacial score (nSPS) is 23.7. The number of likely N-dealkylation sites (tertiary alicyclic amines) is 1. The molecule has 2 aliphatic rings. The second kappa shape index (κ2) is 12.7. The molecule has 8 nitrogen and oxygen atoms in total. The molecule has 2 fully saturated rings. The van der Waals surface area contributed by atoms with E-state index in [1.54, 1.807) is 18.2 Å². The standard InChI is InChI=1S/C30H36Cl2N4O4/c1-18(39-27-12-5-19(14-33)15-34-27)23-16-36(17-24(23)21-8-11-25(31)26(32)13-21)28(37)20-6-9-22(10-7-20)35-29(38)40-30(2,3)4/h5,8,11-13,15,18,20,22-24H,6-7,9-10,16-17H2,1-4H3,(H,35,38)/t18-,20-,22-,23+,24+/m0/s1. The number of aromatic nitrogens is 1. The van der Waals surface area contributed by atoms with Gasteiger partial charge in [-0.2, -0.15) is 5.26 Å². The number of benzene rings is 1. The summed E-state index contributed by atoms with van der Waals surface area (Å²) >= 11 is 12.6. The van der Waals surface area contributed by atoms with Gasteiger partial charge in [-0.3, -0.25) is 4.79 Å². The van der Waals surface area contributed by atoms with Crippen LogP contribution in [0.5, 0.6) is 5.88 Å². The van der Waals surface area contributed by atoms with E-state index in [0.717, 1.165) is 18.4 Å². The summed E-state index contributed by atoms with van der Waals surface area (Å²) in [7, 11) is 0. The van der Waals surface area contributed by atoms with Gasteiger partial charge in [-0.25, -0.2) is 9.78 Å². The van der Waals surface area contributed by atoms with Gasteiger partial charge in [-0.15, -0.1) is 0 Å². The highest BCUT2D eigenvalue weighted by molar-refractivity contribution is 6.42. The maximum atomic E-state index is 13.7. The van der Waals surface area contributed by atoms with Gasteiger partial charge in [-0.1, -0.05) is 29.3 Å². The number of ether oxygens (including phenoxy) is 2. The van der Waals surface area contributed by atoms with Gasteiger partial charge in [0.05, 0.1) is 15.6 Å². The highest BCUT2D eigenvalue weighted by Crippen LogP contribution is 2.39. The first-order valence-corrected chi connectivity index (χ1v) is 14.4. The number of amides is 2. The highest BCUT2D eigenvalue weighted by atomic mass is 35.5. The van der Waals surface area contributed by atoms with E-state index in [4.69, 9.17) is 37.9 Å². The molecule has 2 heterocycles. The van der Waals surface area contributed by atoms with E-state index in [-0.39, 0.29) is 35.8 Å². The maximum Gasteiger partial charge on any atom is 0.407 e. The lowest BCUT2D eigenvalue weighted by atomic mass is 9.85. The largest absolute Gasteiger partial charge is 0.474 e. The Morgan fingerprint density at radius 2 is 1.82 bits per heavy atom. The van der Waals surface area contributed by atoms with Crippen LogP contribution in [0.25, 0.3) is 0 Å². The Morgan fingerprint density at radius 3 is 2.42 bits per heavy atom. The van der Waals surface area contributed by atoms with Gasteiger partial charge in [0.1, 0.15) is 17.8 Å². The van der Waals surface area contributed by atoms with Crippen molar-refractivity contribution in [2.75, 3.05) is 13.1 Å². The fourth-order valence-corrected chi connectivity index (χ4v) is 5.90. The molecule has 4 rings (SSSR count). The predicted molar refractivity (Wildman–Crippen MR) is 153 cm³/mol. The van der Waals surface area contributed by atoms with E-state index in [1.807, 2.05) is 44.7 Å². The average Bonchev–Trinajstić information content (AvgIpc) is 3.35. The molecule has 1 saturated carbocycles. The molecule has 3 atom stereocenters. The summed E-state index contributed by atoms with van der Waals surface area (Å²) in [6.07, 6.45) is 3.68. The SMILES string of the molecule is C[C@H](Oc1ccc(C#N)cn1)[C@H]1CN(C(=O)[C@H]2CC[C@H](NC(=O)OC(C)(C)C)CC2)C[C@@H]1c1ccc(Cl)c(Cl)c1. The van der Waals surface area contributed by atoms with E-state index in [0.29, 0.717) is 47.4 Å². The van der Waals surface area contributed by atoms with E-state index >= 15 is 0 Å². The summed E-state index contributed by atoms with van der Waals surface area (Å²) in [5.41, 5.74) is 0.913. The van der Waals surface area contributed by atoms with Gasteiger partial charge in [0.25, 0.3) is 0 Å². The molecule has 40 heavy (non-hydrogen) atoms. The summed E-state index contributed by atoms with van der Waals surface area (Å²) in [5.74, 6) is 0.453. The fraction of sp³-hybridized carbons (Fsp3) is 0.533. The number of carbonyl (C=O) groups is 2. The third-order valence-electron chi connectivity index (χ3n) is 7.62. The second-order valence-electron chi connectivity index (χ2n) is 11.7. The monoisotopic (exact) mass is 586 g/mol. The maximum absolute atomic E-state index is 13.7. The lowest BCUT2D eigenvalue weighted by molar-refractivity contribution is -0.135. The summed E-state index contributed by atoms with van der Waals surface area (Å²) in [6.45, 7) is 8.58. The molecular weight excluding hydrogens is 551 g/mol. The summed E-state index contributed by atoms with van der Waals surface area (Å²) in [4.78, 5) is 32.1. The van der Waals surface area contributed by atoms with Crippen molar-refractivity contribution < 1.29 is 19.1 Å². The van der Waals surface area contributed by atoms with Crippen LogP contribution in [0.2, 0.25) is 10.0 Å². The number of hydrogen-bond donors (Lipinski definition) is 1. The zero-order valence-corrected chi connectivity index (χ0v) is 24.8. The number of carbonyl (C=O) groups excluding carboxylic acids is 2. The Hall–Kier alpha value is -3.02. The fourth-order valence-electron chi connectivity index (χ4n) is 5.59. The molecule has 0 spiro atoms. The second-order valence-corrected chi connectivity index (χ2v) is 12.5. The van der Waals surface area contributed by atoms with Crippen molar-refractivity contribution in [1.82, 2.24) is 15.2 Å². The van der Waals surface area contributed by atoms with Gasteiger partial charge in [-0.05, 0) is 77.1 Å². The van der Waals surface area contributed by atoms with Crippen molar-refractivity contribution in [2.45, 2.75) is 77.0 Å².